The predicted molar refractivity (Wildman–Crippen MR) is 94.5 cm³/mol. The van der Waals surface area contributed by atoms with Crippen molar-refractivity contribution in [2.45, 2.75) is 24.1 Å². The zero-order valence-electron chi connectivity index (χ0n) is 13.7. The molecule has 11 heteroatoms. The number of rotatable bonds is 5. The Balaban J connectivity index is 1.45. The molecule has 1 unspecified atom stereocenters. The van der Waals surface area contributed by atoms with Gasteiger partial charge in [-0.2, -0.15) is 0 Å². The maximum atomic E-state index is 13.4. The lowest BCUT2D eigenvalue weighted by Gasteiger charge is -2.40. The van der Waals surface area contributed by atoms with Crippen molar-refractivity contribution in [2.24, 2.45) is 5.16 Å². The second kappa shape index (κ2) is 6.32. The smallest absolute Gasteiger partial charge is 0.202 e. The molecule has 2 heterocycles. The molecule has 4 rings (SSSR count). The molecule has 1 aliphatic heterocycles. The Kier molecular flexibility index (Phi) is 4.11. The molecule has 1 fully saturated rings. The van der Waals surface area contributed by atoms with Crippen LogP contribution in [0.15, 0.2) is 28.0 Å². The van der Waals surface area contributed by atoms with Crippen LogP contribution < -0.4 is 10.6 Å². The van der Waals surface area contributed by atoms with Crippen molar-refractivity contribution >= 4 is 21.8 Å². The fraction of sp³-hybridized carbons (Fsp3) is 0.400. The van der Waals surface area contributed by atoms with E-state index in [1.807, 2.05) is 0 Å². The molecule has 0 bridgehead atoms. The van der Waals surface area contributed by atoms with E-state index in [0.29, 0.717) is 18.7 Å². The molecule has 0 radical (unpaired) electrons. The molecule has 5 N–H and O–H groups in total. The van der Waals surface area contributed by atoms with E-state index in [-0.39, 0.29) is 34.5 Å². The van der Waals surface area contributed by atoms with Gasteiger partial charge in [0.15, 0.2) is 11.5 Å². The summed E-state index contributed by atoms with van der Waals surface area (Å²) in [5, 5.41) is 26.0. The number of anilines is 1. The molecule has 2 aromatic rings. The van der Waals surface area contributed by atoms with E-state index in [1.165, 1.54) is 12.1 Å². The van der Waals surface area contributed by atoms with E-state index >= 15 is 0 Å². The van der Waals surface area contributed by atoms with Crippen molar-refractivity contribution in [1.29, 1.82) is 4.78 Å². The minimum absolute atomic E-state index is 0.0539. The molecule has 0 saturated carbocycles. The number of oxime groups is 1. The summed E-state index contributed by atoms with van der Waals surface area (Å²) < 4.78 is 35.8. The summed E-state index contributed by atoms with van der Waals surface area (Å²) in [7, 11) is -2.57. The summed E-state index contributed by atoms with van der Waals surface area (Å²) in [6.45, 7) is 0.366. The highest BCUT2D eigenvalue weighted by molar-refractivity contribution is 8.00. The lowest BCUT2D eigenvalue weighted by molar-refractivity contribution is 0.303. The highest BCUT2D eigenvalue weighted by Gasteiger charge is 2.32. The molecule has 0 amide bonds. The van der Waals surface area contributed by atoms with Crippen LogP contribution in [0.5, 0.6) is 0 Å². The summed E-state index contributed by atoms with van der Waals surface area (Å²) in [6, 6.07) is 4.39. The van der Waals surface area contributed by atoms with Crippen LogP contribution in [0, 0.1) is 10.6 Å². The average molecular weight is 382 g/mol. The van der Waals surface area contributed by atoms with Gasteiger partial charge in [0.1, 0.15) is 5.82 Å². The molecule has 9 nitrogen and oxygen atoms in total. The largest absolute Gasteiger partial charge is 0.409 e. The van der Waals surface area contributed by atoms with E-state index < -0.39 is 10.1 Å². The summed E-state index contributed by atoms with van der Waals surface area (Å²) in [5.41, 5.74) is 2.01. The van der Waals surface area contributed by atoms with Gasteiger partial charge in [-0.25, -0.2) is 9.02 Å². The highest BCUT2D eigenvalue weighted by Crippen LogP contribution is 2.34. The minimum Gasteiger partial charge on any atom is -0.409 e. The van der Waals surface area contributed by atoms with Crippen LogP contribution >= 0.6 is 0 Å². The average Bonchev–Trinajstić information content (AvgIpc) is 3.05. The molecule has 0 spiro atoms. The minimum atomic E-state index is -2.57. The van der Waals surface area contributed by atoms with Gasteiger partial charge in [0.25, 0.3) is 0 Å². The zero-order valence-corrected chi connectivity index (χ0v) is 14.6. The maximum Gasteiger partial charge on any atom is 0.202 e. The van der Waals surface area contributed by atoms with Crippen LogP contribution in [-0.4, -0.2) is 43.5 Å². The Hall–Kier alpha value is -2.53. The van der Waals surface area contributed by atoms with Gasteiger partial charge >= 0.3 is 0 Å². The monoisotopic (exact) mass is 382 g/mol. The Morgan fingerprint density at radius 2 is 2.31 bits per heavy atom. The van der Waals surface area contributed by atoms with E-state index in [9.17, 15) is 14.2 Å². The van der Waals surface area contributed by atoms with Crippen molar-refractivity contribution in [3.8, 4) is 0 Å². The first-order chi connectivity index (χ1) is 12.5. The van der Waals surface area contributed by atoms with Crippen molar-refractivity contribution in [1.82, 2.24) is 15.6 Å². The zero-order chi connectivity index (χ0) is 18.3. The van der Waals surface area contributed by atoms with Crippen LogP contribution in [-0.2, 0) is 16.5 Å². The number of aromatic nitrogens is 2. The molecule has 1 saturated heterocycles. The SMILES string of the molecule is N=[SH]1(O)CC[C@@H]1CNc1nonc1C(=NO)NC1Cc2ccc(F)cc21. The molecule has 1 aliphatic carbocycles. The lowest BCUT2D eigenvalue weighted by atomic mass is 9.83. The number of nitrogens with one attached hydrogen (secondary N) is 3. The molecule has 2 aliphatic rings. The van der Waals surface area contributed by atoms with E-state index in [0.717, 1.165) is 17.5 Å². The number of fused-ring (bicyclic) bond motifs is 1. The van der Waals surface area contributed by atoms with Crippen LogP contribution in [0.2, 0.25) is 0 Å². The summed E-state index contributed by atoms with van der Waals surface area (Å²) in [6.07, 6.45) is 1.45. The van der Waals surface area contributed by atoms with Gasteiger partial charge in [-0.05, 0) is 46.4 Å². The van der Waals surface area contributed by atoms with Crippen molar-refractivity contribution in [2.75, 3.05) is 17.6 Å². The van der Waals surface area contributed by atoms with E-state index in [4.69, 9.17) is 9.41 Å². The Bertz CT molecular complexity index is 917. The topological polar surface area (TPSA) is 140 Å². The molecule has 26 heavy (non-hydrogen) atoms. The molecule has 2 atom stereocenters. The standard InChI is InChI=1S/C15H19FN6O3S/c16-9-2-1-8-5-12(11(8)6-9)19-15(20-23)13-14(22-25-21-13)18-7-10-3-4-26(10,17)24/h1-2,6,10,12,23,26H,3-5,7H2,(H2,17,24)(H,18,22)(H,19,20)/t10-,12?/m1/s1. The lowest BCUT2D eigenvalue weighted by Crippen LogP contribution is -2.46. The quantitative estimate of drug-likeness (QED) is 0.152. The highest BCUT2D eigenvalue weighted by atomic mass is 32.3. The van der Waals surface area contributed by atoms with E-state index in [1.54, 1.807) is 6.07 Å². The molecule has 1 aromatic carbocycles. The summed E-state index contributed by atoms with van der Waals surface area (Å²) >= 11 is 0. The summed E-state index contributed by atoms with van der Waals surface area (Å²) in [5.74, 6) is 0.537. The summed E-state index contributed by atoms with van der Waals surface area (Å²) in [4.78, 5) is 0. The number of nitrogens with zero attached hydrogens (tertiary/aromatic N) is 3. The Morgan fingerprint density at radius 3 is 3.00 bits per heavy atom. The van der Waals surface area contributed by atoms with Gasteiger partial charge in [0, 0.05) is 17.5 Å². The first-order valence-corrected chi connectivity index (χ1v) is 10.2. The second-order valence-electron chi connectivity index (χ2n) is 6.53. The van der Waals surface area contributed by atoms with Crippen LogP contribution in [0.3, 0.4) is 0 Å². The third-order valence-corrected chi connectivity index (χ3v) is 7.53. The molecule has 140 valence electrons. The third-order valence-electron chi connectivity index (χ3n) is 4.94. The van der Waals surface area contributed by atoms with E-state index in [2.05, 4.69) is 26.1 Å². The maximum absolute atomic E-state index is 13.4. The first-order valence-electron chi connectivity index (χ1n) is 8.17. The fourth-order valence-electron chi connectivity index (χ4n) is 3.20. The van der Waals surface area contributed by atoms with Gasteiger partial charge in [-0.1, -0.05) is 11.2 Å². The van der Waals surface area contributed by atoms with Gasteiger partial charge in [-0.3, -0.25) is 4.78 Å². The number of thiol groups is 1. The fourth-order valence-corrected chi connectivity index (χ4v) is 4.70. The second-order valence-corrected chi connectivity index (χ2v) is 9.36. The number of hydrogen-bond acceptors (Lipinski definition) is 7. The van der Waals surface area contributed by atoms with Gasteiger partial charge in [-0.15, -0.1) is 10.1 Å². The number of benzene rings is 1. The number of amidine groups is 1. The van der Waals surface area contributed by atoms with Crippen LogP contribution in [0.25, 0.3) is 0 Å². The van der Waals surface area contributed by atoms with Gasteiger partial charge in [0.2, 0.25) is 5.82 Å². The molecular weight excluding hydrogens is 363 g/mol. The van der Waals surface area contributed by atoms with Gasteiger partial charge in [0.05, 0.1) is 6.04 Å². The Labute approximate surface area is 149 Å². The normalized spacial score (nSPS) is 24.8. The van der Waals surface area contributed by atoms with Crippen molar-refractivity contribution in [3.63, 3.8) is 0 Å². The Morgan fingerprint density at radius 1 is 1.46 bits per heavy atom. The number of hydrogen-bond donors (Lipinski definition) is 6. The van der Waals surface area contributed by atoms with Crippen molar-refractivity contribution < 1.29 is 18.8 Å². The molecule has 1 aromatic heterocycles. The molecular formula is C15H19FN6O3S. The number of halogens is 1. The predicted octanol–water partition coefficient (Wildman–Crippen LogP) is 1.54. The van der Waals surface area contributed by atoms with Crippen LogP contribution in [0.1, 0.15) is 29.3 Å². The van der Waals surface area contributed by atoms with Crippen molar-refractivity contribution in [3.05, 3.63) is 40.8 Å². The first kappa shape index (κ1) is 16.9. The van der Waals surface area contributed by atoms with Crippen LogP contribution in [0.4, 0.5) is 10.2 Å². The van der Waals surface area contributed by atoms with Gasteiger partial charge < -0.3 is 20.4 Å². The third kappa shape index (κ3) is 2.92.